The summed E-state index contributed by atoms with van der Waals surface area (Å²) < 4.78 is 32.6. The molecule has 2 aliphatic rings. The Labute approximate surface area is 166 Å². The van der Waals surface area contributed by atoms with Gasteiger partial charge in [-0.05, 0) is 23.0 Å². The van der Waals surface area contributed by atoms with Gasteiger partial charge in [0.25, 0.3) is 0 Å². The predicted molar refractivity (Wildman–Crippen MR) is 100 cm³/mol. The number of nitrogens with one attached hydrogen (secondary N) is 1. The van der Waals surface area contributed by atoms with E-state index < -0.39 is 40.4 Å². The molecule has 2 aromatic rings. The highest BCUT2D eigenvalue weighted by Gasteiger charge is 2.59. The monoisotopic (exact) mass is 399 g/mol. The summed E-state index contributed by atoms with van der Waals surface area (Å²) in [6, 6.07) is 8.09. The first-order valence-corrected chi connectivity index (χ1v) is 9.09. The van der Waals surface area contributed by atoms with Gasteiger partial charge in [0.1, 0.15) is 17.1 Å². The second-order valence-corrected chi connectivity index (χ2v) is 7.92. The maximum Gasteiger partial charge on any atom is 0.321 e. The number of amides is 1. The Bertz CT molecular complexity index is 1070. The Balaban J connectivity index is 1.99. The number of nitrogens with zero attached hydrogens (tertiary/aromatic N) is 2. The topological polar surface area (TPSA) is 80.7 Å². The Morgan fingerprint density at radius 3 is 2.59 bits per heavy atom. The number of methoxy groups -OCH3 is 1. The number of carbonyl (C=O) groups excluding carboxylic acids is 2. The molecule has 1 N–H and O–H groups in total. The SMILES string of the molecule is COC(=O)C1C(=O)NC(c2ncc(F)cc2F)=NC12CC(C)(C)c1ccccc12. The van der Waals surface area contributed by atoms with Gasteiger partial charge in [0.2, 0.25) is 5.91 Å². The van der Waals surface area contributed by atoms with Crippen molar-refractivity contribution in [3.8, 4) is 0 Å². The highest BCUT2D eigenvalue weighted by molar-refractivity contribution is 6.14. The second-order valence-electron chi connectivity index (χ2n) is 7.92. The molecule has 4 rings (SSSR count). The van der Waals surface area contributed by atoms with Crippen molar-refractivity contribution in [2.75, 3.05) is 7.11 Å². The third-order valence-corrected chi connectivity index (χ3v) is 5.60. The van der Waals surface area contributed by atoms with E-state index >= 15 is 0 Å². The third kappa shape index (κ3) is 2.82. The quantitative estimate of drug-likeness (QED) is 0.622. The zero-order valence-electron chi connectivity index (χ0n) is 16.1. The number of halogens is 2. The van der Waals surface area contributed by atoms with Crippen LogP contribution in [0.2, 0.25) is 0 Å². The summed E-state index contributed by atoms with van der Waals surface area (Å²) in [5.74, 6) is -4.59. The Morgan fingerprint density at radius 2 is 1.93 bits per heavy atom. The smallest absolute Gasteiger partial charge is 0.321 e. The lowest BCUT2D eigenvalue weighted by Gasteiger charge is -2.37. The summed E-state index contributed by atoms with van der Waals surface area (Å²) in [6.07, 6.45) is 1.18. The predicted octanol–water partition coefficient (Wildman–Crippen LogP) is 2.60. The molecule has 0 radical (unpaired) electrons. The highest BCUT2D eigenvalue weighted by Crippen LogP contribution is 2.55. The second kappa shape index (κ2) is 6.43. The molecule has 1 aromatic heterocycles. The van der Waals surface area contributed by atoms with Crippen LogP contribution >= 0.6 is 0 Å². The van der Waals surface area contributed by atoms with E-state index in [0.717, 1.165) is 11.8 Å². The minimum absolute atomic E-state index is 0.139. The van der Waals surface area contributed by atoms with E-state index in [9.17, 15) is 18.4 Å². The summed E-state index contributed by atoms with van der Waals surface area (Å²) in [6.45, 7) is 3.99. The molecule has 1 amide bonds. The average molecular weight is 399 g/mol. The van der Waals surface area contributed by atoms with E-state index in [-0.39, 0.29) is 11.5 Å². The number of aromatic nitrogens is 1. The van der Waals surface area contributed by atoms with Crippen molar-refractivity contribution in [3.05, 3.63) is 65.0 Å². The van der Waals surface area contributed by atoms with Crippen molar-refractivity contribution in [1.82, 2.24) is 10.3 Å². The number of pyridine rings is 1. The molecule has 1 spiro atoms. The number of hydrogen-bond acceptors (Lipinski definition) is 5. The number of fused-ring (bicyclic) bond motifs is 2. The molecule has 1 aromatic carbocycles. The Hall–Kier alpha value is -3.16. The maximum absolute atomic E-state index is 14.4. The Morgan fingerprint density at radius 1 is 1.24 bits per heavy atom. The first-order valence-electron chi connectivity index (χ1n) is 9.09. The van der Waals surface area contributed by atoms with Gasteiger partial charge in [0.15, 0.2) is 17.6 Å². The van der Waals surface area contributed by atoms with Crippen molar-refractivity contribution in [2.45, 2.75) is 31.2 Å². The van der Waals surface area contributed by atoms with E-state index in [1.165, 1.54) is 7.11 Å². The molecule has 0 saturated heterocycles. The van der Waals surface area contributed by atoms with Gasteiger partial charge >= 0.3 is 5.97 Å². The van der Waals surface area contributed by atoms with E-state index in [0.29, 0.717) is 18.1 Å². The minimum Gasteiger partial charge on any atom is -0.468 e. The number of aliphatic imine (C=N–C) groups is 1. The van der Waals surface area contributed by atoms with Gasteiger partial charge in [0, 0.05) is 6.07 Å². The largest absolute Gasteiger partial charge is 0.468 e. The van der Waals surface area contributed by atoms with Crippen LogP contribution in [-0.2, 0) is 25.3 Å². The molecule has 0 saturated carbocycles. The molecule has 8 heteroatoms. The lowest BCUT2D eigenvalue weighted by Crippen LogP contribution is -2.55. The number of esters is 1. The zero-order valence-corrected chi connectivity index (χ0v) is 16.1. The fourth-order valence-corrected chi connectivity index (χ4v) is 4.49. The molecule has 2 atom stereocenters. The molecular formula is C21H19F2N3O3. The molecule has 0 fully saturated rings. The third-order valence-electron chi connectivity index (χ3n) is 5.60. The summed E-state index contributed by atoms with van der Waals surface area (Å²) in [4.78, 5) is 34.1. The van der Waals surface area contributed by atoms with Crippen LogP contribution in [0, 0.1) is 17.6 Å². The van der Waals surface area contributed by atoms with Crippen LogP contribution < -0.4 is 5.32 Å². The lowest BCUT2D eigenvalue weighted by molar-refractivity contribution is -0.153. The van der Waals surface area contributed by atoms with Crippen molar-refractivity contribution in [2.24, 2.45) is 10.9 Å². The van der Waals surface area contributed by atoms with Crippen LogP contribution in [0.1, 0.15) is 37.1 Å². The first kappa shape index (κ1) is 19.2. The van der Waals surface area contributed by atoms with Crippen molar-refractivity contribution >= 4 is 17.7 Å². The van der Waals surface area contributed by atoms with E-state index in [2.05, 4.69) is 15.3 Å². The summed E-state index contributed by atoms with van der Waals surface area (Å²) >= 11 is 0. The van der Waals surface area contributed by atoms with Gasteiger partial charge in [-0.3, -0.25) is 14.6 Å². The maximum atomic E-state index is 14.4. The lowest BCUT2D eigenvalue weighted by atomic mass is 9.75. The van der Waals surface area contributed by atoms with Gasteiger partial charge in [0.05, 0.1) is 13.3 Å². The molecular weight excluding hydrogens is 380 g/mol. The summed E-state index contributed by atoms with van der Waals surface area (Å²) in [5, 5.41) is 2.45. The number of rotatable bonds is 2. The Kier molecular flexibility index (Phi) is 4.25. The number of benzene rings is 1. The molecule has 2 heterocycles. The van der Waals surface area contributed by atoms with Crippen molar-refractivity contribution in [3.63, 3.8) is 0 Å². The van der Waals surface area contributed by atoms with Gasteiger partial charge in [-0.1, -0.05) is 38.1 Å². The van der Waals surface area contributed by atoms with Crippen LogP contribution in [0.3, 0.4) is 0 Å². The zero-order chi connectivity index (χ0) is 21.0. The number of carbonyl (C=O) groups is 2. The normalized spacial score (nSPS) is 24.7. The fourth-order valence-electron chi connectivity index (χ4n) is 4.49. The van der Waals surface area contributed by atoms with Crippen LogP contribution in [0.25, 0.3) is 0 Å². The molecule has 1 aliphatic heterocycles. The van der Waals surface area contributed by atoms with E-state index in [1.54, 1.807) is 6.07 Å². The summed E-state index contributed by atoms with van der Waals surface area (Å²) in [5.41, 5.74) is -0.323. The van der Waals surface area contributed by atoms with E-state index in [4.69, 9.17) is 4.74 Å². The van der Waals surface area contributed by atoms with Crippen molar-refractivity contribution < 1.29 is 23.1 Å². The average Bonchev–Trinajstić information content (AvgIpc) is 2.88. The standard InChI is InChI=1S/C21H19F2N3O3/c1-20(2)10-21(13-7-5-4-6-12(13)20)15(19(28)29-3)18(27)25-17(26-21)16-14(23)8-11(22)9-24-16/h4-9,15H,10H2,1-3H3,(H,25,26,27). The number of ether oxygens (including phenoxy) is 1. The number of amidine groups is 1. The van der Waals surface area contributed by atoms with Crippen LogP contribution in [0.15, 0.2) is 41.5 Å². The molecule has 0 bridgehead atoms. The van der Waals surface area contributed by atoms with Crippen molar-refractivity contribution in [1.29, 1.82) is 0 Å². The number of hydrogen-bond donors (Lipinski definition) is 1. The van der Waals surface area contributed by atoms with Crippen LogP contribution in [-0.4, -0.2) is 29.8 Å². The van der Waals surface area contributed by atoms with Crippen LogP contribution in [0.5, 0.6) is 0 Å². The first-order chi connectivity index (χ1) is 13.7. The van der Waals surface area contributed by atoms with Gasteiger partial charge < -0.3 is 10.1 Å². The van der Waals surface area contributed by atoms with E-state index in [1.807, 2.05) is 32.0 Å². The fraction of sp³-hybridized carbons (Fsp3) is 0.333. The highest BCUT2D eigenvalue weighted by atomic mass is 19.1. The molecule has 6 nitrogen and oxygen atoms in total. The van der Waals surface area contributed by atoms with Gasteiger partial charge in [-0.25, -0.2) is 13.8 Å². The molecule has 1 aliphatic carbocycles. The van der Waals surface area contributed by atoms with Gasteiger partial charge in [-0.2, -0.15) is 0 Å². The van der Waals surface area contributed by atoms with Crippen LogP contribution in [0.4, 0.5) is 8.78 Å². The molecule has 29 heavy (non-hydrogen) atoms. The molecule has 2 unspecified atom stereocenters. The van der Waals surface area contributed by atoms with Gasteiger partial charge in [-0.15, -0.1) is 0 Å². The minimum atomic E-state index is -1.28. The summed E-state index contributed by atoms with van der Waals surface area (Å²) in [7, 11) is 1.20. The molecule has 150 valence electrons.